The standard InChI is InChI=1S/C18H21F2N3O.HI/c1-13-5-3-4-6-17(13)24-10-9-22-18(21-2)23-12-14-11-15(19)7-8-16(14)20;/h3-8,11H,9-10,12H2,1-2H3,(H2,21,22,23);1H. The van der Waals surface area contributed by atoms with Crippen LogP contribution < -0.4 is 15.4 Å². The summed E-state index contributed by atoms with van der Waals surface area (Å²) in [6.07, 6.45) is 0. The summed E-state index contributed by atoms with van der Waals surface area (Å²) in [5.74, 6) is 0.404. The van der Waals surface area contributed by atoms with Crippen LogP contribution in [-0.4, -0.2) is 26.2 Å². The van der Waals surface area contributed by atoms with Crippen LogP contribution in [0.4, 0.5) is 8.78 Å². The van der Waals surface area contributed by atoms with E-state index >= 15 is 0 Å². The number of para-hydroxylation sites is 1. The van der Waals surface area contributed by atoms with Crippen LogP contribution in [-0.2, 0) is 6.54 Å². The number of halogens is 3. The Bertz CT molecular complexity index is 710. The lowest BCUT2D eigenvalue weighted by Crippen LogP contribution is -2.39. The van der Waals surface area contributed by atoms with Gasteiger partial charge in [-0.1, -0.05) is 18.2 Å². The molecule has 0 fully saturated rings. The largest absolute Gasteiger partial charge is 0.491 e. The predicted molar refractivity (Wildman–Crippen MR) is 107 cm³/mol. The van der Waals surface area contributed by atoms with Crippen molar-refractivity contribution in [1.82, 2.24) is 10.6 Å². The Hall–Kier alpha value is -1.90. The monoisotopic (exact) mass is 461 g/mol. The summed E-state index contributed by atoms with van der Waals surface area (Å²) in [6, 6.07) is 11.1. The molecule has 0 aliphatic heterocycles. The molecule has 0 saturated carbocycles. The summed E-state index contributed by atoms with van der Waals surface area (Å²) < 4.78 is 32.4. The zero-order chi connectivity index (χ0) is 17.4. The first-order chi connectivity index (χ1) is 11.6. The van der Waals surface area contributed by atoms with Gasteiger partial charge in [0.2, 0.25) is 0 Å². The highest BCUT2D eigenvalue weighted by Crippen LogP contribution is 2.15. The molecule has 4 nitrogen and oxygen atoms in total. The van der Waals surface area contributed by atoms with Crippen LogP contribution in [0, 0.1) is 18.6 Å². The second-order valence-electron chi connectivity index (χ2n) is 5.20. The molecule has 2 N–H and O–H groups in total. The molecule has 136 valence electrons. The van der Waals surface area contributed by atoms with Gasteiger partial charge in [0, 0.05) is 19.2 Å². The van der Waals surface area contributed by atoms with Gasteiger partial charge in [-0.3, -0.25) is 4.99 Å². The normalized spacial score (nSPS) is 10.8. The number of hydrogen-bond donors (Lipinski definition) is 2. The molecule has 0 spiro atoms. The van der Waals surface area contributed by atoms with Crippen molar-refractivity contribution in [2.24, 2.45) is 4.99 Å². The molecule has 0 aliphatic rings. The van der Waals surface area contributed by atoms with E-state index in [9.17, 15) is 8.78 Å². The molecule has 0 radical (unpaired) electrons. The Labute approximate surface area is 163 Å². The van der Waals surface area contributed by atoms with Crippen molar-refractivity contribution in [1.29, 1.82) is 0 Å². The van der Waals surface area contributed by atoms with E-state index in [4.69, 9.17) is 4.74 Å². The first-order valence-corrected chi connectivity index (χ1v) is 7.67. The number of aliphatic imine (C=N–C) groups is 1. The van der Waals surface area contributed by atoms with Crippen LogP contribution in [0.1, 0.15) is 11.1 Å². The van der Waals surface area contributed by atoms with E-state index < -0.39 is 11.6 Å². The molecule has 2 rings (SSSR count). The Morgan fingerprint density at radius 1 is 1.12 bits per heavy atom. The topological polar surface area (TPSA) is 45.7 Å². The van der Waals surface area contributed by atoms with Crippen molar-refractivity contribution in [3.63, 3.8) is 0 Å². The van der Waals surface area contributed by atoms with Crippen molar-refractivity contribution < 1.29 is 13.5 Å². The van der Waals surface area contributed by atoms with Crippen LogP contribution in [0.2, 0.25) is 0 Å². The molecule has 0 amide bonds. The maximum atomic E-state index is 13.6. The lowest BCUT2D eigenvalue weighted by atomic mass is 10.2. The van der Waals surface area contributed by atoms with Gasteiger partial charge < -0.3 is 15.4 Å². The number of ether oxygens (including phenoxy) is 1. The number of nitrogens with one attached hydrogen (secondary N) is 2. The van der Waals surface area contributed by atoms with Crippen LogP contribution in [0.25, 0.3) is 0 Å². The van der Waals surface area contributed by atoms with Gasteiger partial charge in [0.1, 0.15) is 24.0 Å². The Balaban J connectivity index is 0.00000312. The SMILES string of the molecule is CN=C(NCCOc1ccccc1C)NCc1cc(F)ccc1F.I. The third kappa shape index (κ3) is 6.85. The number of nitrogens with zero attached hydrogens (tertiary/aromatic N) is 1. The van der Waals surface area contributed by atoms with Gasteiger partial charge in [-0.05, 0) is 36.8 Å². The van der Waals surface area contributed by atoms with Crippen molar-refractivity contribution >= 4 is 29.9 Å². The minimum Gasteiger partial charge on any atom is -0.491 e. The maximum absolute atomic E-state index is 13.6. The highest BCUT2D eigenvalue weighted by atomic mass is 127. The third-order valence-corrected chi connectivity index (χ3v) is 3.42. The predicted octanol–water partition coefficient (Wildman–Crippen LogP) is 3.64. The molecule has 0 unspecified atom stereocenters. The van der Waals surface area contributed by atoms with Gasteiger partial charge in [0.15, 0.2) is 5.96 Å². The van der Waals surface area contributed by atoms with E-state index in [-0.39, 0.29) is 36.1 Å². The number of benzene rings is 2. The molecule has 0 bridgehead atoms. The average molecular weight is 461 g/mol. The molecule has 0 saturated heterocycles. The van der Waals surface area contributed by atoms with E-state index in [0.717, 1.165) is 29.5 Å². The molecule has 25 heavy (non-hydrogen) atoms. The van der Waals surface area contributed by atoms with Gasteiger partial charge in [0.25, 0.3) is 0 Å². The molecule has 0 atom stereocenters. The maximum Gasteiger partial charge on any atom is 0.191 e. The summed E-state index contributed by atoms with van der Waals surface area (Å²) in [4.78, 5) is 4.04. The minimum absolute atomic E-state index is 0. The molecule has 2 aromatic rings. The van der Waals surface area contributed by atoms with Gasteiger partial charge in [-0.25, -0.2) is 8.78 Å². The highest BCUT2D eigenvalue weighted by Gasteiger charge is 2.05. The van der Waals surface area contributed by atoms with Crippen LogP contribution in [0.15, 0.2) is 47.5 Å². The number of hydrogen-bond acceptors (Lipinski definition) is 2. The van der Waals surface area contributed by atoms with Crippen molar-refractivity contribution in [2.75, 3.05) is 20.2 Å². The summed E-state index contributed by atoms with van der Waals surface area (Å²) in [5, 5.41) is 6.00. The van der Waals surface area contributed by atoms with Crippen molar-refractivity contribution in [2.45, 2.75) is 13.5 Å². The van der Waals surface area contributed by atoms with Crippen molar-refractivity contribution in [3.8, 4) is 5.75 Å². The second-order valence-corrected chi connectivity index (χ2v) is 5.20. The van der Waals surface area contributed by atoms with E-state index in [1.54, 1.807) is 7.05 Å². The fraction of sp³-hybridized carbons (Fsp3) is 0.278. The van der Waals surface area contributed by atoms with Gasteiger partial charge >= 0.3 is 0 Å². The third-order valence-electron chi connectivity index (χ3n) is 3.42. The number of guanidine groups is 1. The summed E-state index contributed by atoms with van der Waals surface area (Å²) in [7, 11) is 1.61. The average Bonchev–Trinajstić information content (AvgIpc) is 2.58. The zero-order valence-electron chi connectivity index (χ0n) is 14.2. The summed E-state index contributed by atoms with van der Waals surface area (Å²) in [5.41, 5.74) is 1.32. The lowest BCUT2D eigenvalue weighted by molar-refractivity contribution is 0.320. The quantitative estimate of drug-likeness (QED) is 0.299. The first kappa shape index (κ1) is 21.1. The fourth-order valence-corrected chi connectivity index (χ4v) is 2.13. The van der Waals surface area contributed by atoms with Gasteiger partial charge in [-0.15, -0.1) is 24.0 Å². The van der Waals surface area contributed by atoms with E-state index in [1.165, 1.54) is 0 Å². The zero-order valence-corrected chi connectivity index (χ0v) is 16.5. The minimum atomic E-state index is -0.470. The Kier molecular flexibility index (Phi) is 9.18. The van der Waals surface area contributed by atoms with Gasteiger partial charge in [0.05, 0.1) is 6.54 Å². The summed E-state index contributed by atoms with van der Waals surface area (Å²) >= 11 is 0. The van der Waals surface area contributed by atoms with E-state index in [1.807, 2.05) is 31.2 Å². The number of rotatable bonds is 6. The van der Waals surface area contributed by atoms with Crippen molar-refractivity contribution in [3.05, 3.63) is 65.2 Å². The first-order valence-electron chi connectivity index (χ1n) is 7.67. The molecule has 0 aliphatic carbocycles. The molecule has 0 aromatic heterocycles. The van der Waals surface area contributed by atoms with E-state index in [0.29, 0.717) is 19.1 Å². The lowest BCUT2D eigenvalue weighted by Gasteiger charge is -2.13. The highest BCUT2D eigenvalue weighted by molar-refractivity contribution is 14.0. The summed E-state index contributed by atoms with van der Waals surface area (Å²) in [6.45, 7) is 3.11. The second kappa shape index (κ2) is 10.9. The molecular formula is C18H22F2IN3O. The molecule has 2 aromatic carbocycles. The van der Waals surface area contributed by atoms with Crippen LogP contribution in [0.3, 0.4) is 0 Å². The Morgan fingerprint density at radius 2 is 1.88 bits per heavy atom. The van der Waals surface area contributed by atoms with Crippen LogP contribution in [0.5, 0.6) is 5.75 Å². The molecular weight excluding hydrogens is 439 g/mol. The smallest absolute Gasteiger partial charge is 0.191 e. The Morgan fingerprint density at radius 3 is 2.60 bits per heavy atom. The van der Waals surface area contributed by atoms with E-state index in [2.05, 4.69) is 15.6 Å². The van der Waals surface area contributed by atoms with Gasteiger partial charge in [-0.2, -0.15) is 0 Å². The molecule has 0 heterocycles. The molecule has 7 heteroatoms. The number of aryl methyl sites for hydroxylation is 1. The fourth-order valence-electron chi connectivity index (χ4n) is 2.13. The van der Waals surface area contributed by atoms with Crippen LogP contribution >= 0.6 is 24.0 Å².